The monoisotopic (exact) mass is 277 g/mol. The van der Waals surface area contributed by atoms with Crippen LogP contribution in [-0.2, 0) is 4.79 Å². The van der Waals surface area contributed by atoms with Crippen molar-refractivity contribution < 1.29 is 4.79 Å². The van der Waals surface area contributed by atoms with E-state index >= 15 is 0 Å². The molecule has 0 aliphatic rings. The summed E-state index contributed by atoms with van der Waals surface area (Å²) in [5.74, 6) is -0.0689. The molecule has 4 nitrogen and oxygen atoms in total. The zero-order valence-corrected chi connectivity index (χ0v) is 10.4. The third kappa shape index (κ3) is 4.17. The summed E-state index contributed by atoms with van der Waals surface area (Å²) in [7, 11) is 0. The fraction of sp³-hybridized carbons (Fsp3) is 0.500. The third-order valence-electron chi connectivity index (χ3n) is 1.39. The minimum atomic E-state index is -0.0689. The molecule has 6 heteroatoms. The Morgan fingerprint density at radius 1 is 1.71 bits per heavy atom. The largest absolute Gasteiger partial charge is 0.306 e. The number of nitrogens with one attached hydrogen (secondary N) is 2. The van der Waals surface area contributed by atoms with Crippen molar-refractivity contribution in [2.45, 2.75) is 19.9 Å². The Balaban J connectivity index is 2.34. The molecule has 2 N–H and O–H groups in total. The Morgan fingerprint density at radius 2 is 2.43 bits per heavy atom. The van der Waals surface area contributed by atoms with Crippen LogP contribution < -0.4 is 10.6 Å². The van der Waals surface area contributed by atoms with Crippen molar-refractivity contribution in [3.05, 3.63) is 9.98 Å². The predicted octanol–water partition coefficient (Wildman–Crippen LogP) is 1.84. The summed E-state index contributed by atoms with van der Waals surface area (Å²) in [5, 5.41) is 6.34. The van der Waals surface area contributed by atoms with Gasteiger partial charge in [-0.3, -0.25) is 4.79 Å². The van der Waals surface area contributed by atoms with Crippen LogP contribution in [0.2, 0.25) is 0 Å². The number of hydrogen-bond donors (Lipinski definition) is 2. The molecule has 1 amide bonds. The van der Waals surface area contributed by atoms with Crippen molar-refractivity contribution >= 4 is 38.3 Å². The smallest absolute Gasteiger partial charge is 0.240 e. The molecular formula is C8H12BrN3OS. The number of halogens is 1. The standard InChI is InChI=1S/C8H12BrN3OS/c1-5(2)10-4-7(13)12-8-11-3-6(9)14-8/h3,5,10H,4H2,1-2H3,(H,11,12,13). The molecule has 0 aliphatic heterocycles. The number of anilines is 1. The van der Waals surface area contributed by atoms with Crippen LogP contribution in [-0.4, -0.2) is 23.5 Å². The Bertz CT molecular complexity index is 313. The maximum atomic E-state index is 11.3. The Morgan fingerprint density at radius 3 is 2.93 bits per heavy atom. The number of carbonyl (C=O) groups is 1. The third-order valence-corrected chi connectivity index (χ3v) is 2.79. The molecule has 0 aromatic carbocycles. The van der Waals surface area contributed by atoms with Crippen LogP contribution in [0.15, 0.2) is 9.98 Å². The normalized spacial score (nSPS) is 10.6. The van der Waals surface area contributed by atoms with Gasteiger partial charge in [0.25, 0.3) is 0 Å². The average molecular weight is 278 g/mol. The van der Waals surface area contributed by atoms with Crippen LogP contribution in [0.4, 0.5) is 5.13 Å². The van der Waals surface area contributed by atoms with E-state index in [0.717, 1.165) is 3.79 Å². The molecule has 0 atom stereocenters. The summed E-state index contributed by atoms with van der Waals surface area (Å²) in [6.45, 7) is 4.30. The second-order valence-corrected chi connectivity index (χ2v) is 5.46. The summed E-state index contributed by atoms with van der Waals surface area (Å²) in [4.78, 5) is 15.3. The van der Waals surface area contributed by atoms with Gasteiger partial charge < -0.3 is 10.6 Å². The Kier molecular flexibility index (Phi) is 4.50. The summed E-state index contributed by atoms with van der Waals surface area (Å²) >= 11 is 4.67. The first-order chi connectivity index (χ1) is 6.58. The van der Waals surface area contributed by atoms with Crippen molar-refractivity contribution in [3.8, 4) is 0 Å². The van der Waals surface area contributed by atoms with Crippen LogP contribution in [0.5, 0.6) is 0 Å². The summed E-state index contributed by atoms with van der Waals surface area (Å²) < 4.78 is 0.907. The van der Waals surface area contributed by atoms with Crippen LogP contribution in [0.1, 0.15) is 13.8 Å². The maximum Gasteiger partial charge on any atom is 0.240 e. The van der Waals surface area contributed by atoms with E-state index in [0.29, 0.717) is 17.7 Å². The van der Waals surface area contributed by atoms with Crippen LogP contribution >= 0.6 is 27.3 Å². The molecule has 0 unspecified atom stereocenters. The molecule has 0 saturated carbocycles. The lowest BCUT2D eigenvalue weighted by Crippen LogP contribution is -2.32. The number of nitrogens with zero attached hydrogens (tertiary/aromatic N) is 1. The highest BCUT2D eigenvalue weighted by molar-refractivity contribution is 9.11. The van der Waals surface area contributed by atoms with Gasteiger partial charge in [0.2, 0.25) is 5.91 Å². The van der Waals surface area contributed by atoms with Gasteiger partial charge in [0.15, 0.2) is 5.13 Å². The first-order valence-corrected chi connectivity index (χ1v) is 5.83. The fourth-order valence-corrected chi connectivity index (χ4v) is 1.90. The summed E-state index contributed by atoms with van der Waals surface area (Å²) in [6, 6.07) is 0.309. The van der Waals surface area contributed by atoms with Crippen LogP contribution in [0, 0.1) is 0 Å². The molecule has 0 spiro atoms. The number of rotatable bonds is 4. The van der Waals surface area contributed by atoms with Crippen molar-refractivity contribution in [2.24, 2.45) is 0 Å². The molecule has 1 aromatic rings. The van der Waals surface area contributed by atoms with Crippen molar-refractivity contribution in [2.75, 3.05) is 11.9 Å². The molecule has 0 fully saturated rings. The zero-order valence-electron chi connectivity index (χ0n) is 8.00. The summed E-state index contributed by atoms with van der Waals surface area (Å²) in [5.41, 5.74) is 0. The van der Waals surface area contributed by atoms with E-state index < -0.39 is 0 Å². The van der Waals surface area contributed by atoms with Gasteiger partial charge in [-0.2, -0.15) is 0 Å². The lowest BCUT2D eigenvalue weighted by molar-refractivity contribution is -0.115. The van der Waals surface area contributed by atoms with E-state index in [2.05, 4.69) is 31.5 Å². The molecular weight excluding hydrogens is 266 g/mol. The molecule has 0 saturated heterocycles. The predicted molar refractivity (Wildman–Crippen MR) is 61.6 cm³/mol. The summed E-state index contributed by atoms with van der Waals surface area (Å²) in [6.07, 6.45) is 1.66. The van der Waals surface area contributed by atoms with E-state index in [9.17, 15) is 4.79 Å². The minimum Gasteiger partial charge on any atom is -0.306 e. The van der Waals surface area contributed by atoms with Crippen molar-refractivity contribution in [1.29, 1.82) is 0 Å². The van der Waals surface area contributed by atoms with Gasteiger partial charge in [-0.05, 0) is 15.9 Å². The number of amides is 1. The average Bonchev–Trinajstić information content (AvgIpc) is 2.48. The fourth-order valence-electron chi connectivity index (χ4n) is 0.773. The second kappa shape index (κ2) is 5.43. The highest BCUT2D eigenvalue weighted by Crippen LogP contribution is 2.22. The quantitative estimate of drug-likeness (QED) is 0.883. The van der Waals surface area contributed by atoms with Gasteiger partial charge in [-0.25, -0.2) is 4.98 Å². The van der Waals surface area contributed by atoms with Crippen LogP contribution in [0.25, 0.3) is 0 Å². The Hall–Kier alpha value is -0.460. The molecule has 1 heterocycles. The highest BCUT2D eigenvalue weighted by Gasteiger charge is 2.05. The first-order valence-electron chi connectivity index (χ1n) is 4.22. The number of thiazole rings is 1. The van der Waals surface area contributed by atoms with Crippen LogP contribution in [0.3, 0.4) is 0 Å². The topological polar surface area (TPSA) is 54.0 Å². The number of carbonyl (C=O) groups excluding carboxylic acids is 1. The van der Waals surface area contributed by atoms with Gasteiger partial charge in [-0.15, -0.1) is 0 Å². The minimum absolute atomic E-state index is 0.0689. The van der Waals surface area contributed by atoms with Gasteiger partial charge in [0, 0.05) is 6.04 Å². The van der Waals surface area contributed by atoms with Gasteiger partial charge >= 0.3 is 0 Å². The highest BCUT2D eigenvalue weighted by atomic mass is 79.9. The maximum absolute atomic E-state index is 11.3. The van der Waals surface area contributed by atoms with Gasteiger partial charge in [0.05, 0.1) is 16.5 Å². The molecule has 0 bridgehead atoms. The zero-order chi connectivity index (χ0) is 10.6. The lowest BCUT2D eigenvalue weighted by atomic mass is 10.4. The first kappa shape index (κ1) is 11.6. The molecule has 0 radical (unpaired) electrons. The molecule has 1 aromatic heterocycles. The van der Waals surface area contributed by atoms with Gasteiger partial charge in [0.1, 0.15) is 0 Å². The van der Waals surface area contributed by atoms with E-state index in [-0.39, 0.29) is 5.91 Å². The molecule has 1 rings (SSSR count). The second-order valence-electron chi connectivity index (χ2n) is 3.05. The van der Waals surface area contributed by atoms with Crippen molar-refractivity contribution in [1.82, 2.24) is 10.3 Å². The van der Waals surface area contributed by atoms with E-state index in [1.807, 2.05) is 13.8 Å². The number of hydrogen-bond acceptors (Lipinski definition) is 4. The van der Waals surface area contributed by atoms with E-state index in [4.69, 9.17) is 0 Å². The molecule has 0 aliphatic carbocycles. The van der Waals surface area contributed by atoms with Gasteiger partial charge in [-0.1, -0.05) is 25.2 Å². The number of aromatic nitrogens is 1. The van der Waals surface area contributed by atoms with Crippen molar-refractivity contribution in [3.63, 3.8) is 0 Å². The molecule has 78 valence electrons. The molecule has 14 heavy (non-hydrogen) atoms. The van der Waals surface area contributed by atoms with E-state index in [1.54, 1.807) is 6.20 Å². The van der Waals surface area contributed by atoms with E-state index in [1.165, 1.54) is 11.3 Å². The SMILES string of the molecule is CC(C)NCC(=O)Nc1ncc(Br)s1. The lowest BCUT2D eigenvalue weighted by Gasteiger charge is -2.06. The Labute approximate surface area is 95.2 Å².